The van der Waals surface area contributed by atoms with E-state index < -0.39 is 11.9 Å². The number of aromatic nitrogens is 1. The molecule has 0 N–H and O–H groups in total. The Balaban J connectivity index is 3.57. The fourth-order valence-corrected chi connectivity index (χ4v) is 2.08. The van der Waals surface area contributed by atoms with E-state index in [1.165, 1.54) is 6.92 Å². The Bertz CT molecular complexity index is 406. The number of halogens is 3. The molecule has 0 saturated heterocycles. The van der Waals surface area contributed by atoms with Crippen molar-refractivity contribution < 1.29 is 13.2 Å². The summed E-state index contributed by atoms with van der Waals surface area (Å²) in [5, 5.41) is 0. The molecule has 90 valence electrons. The molecule has 16 heavy (non-hydrogen) atoms. The molecule has 0 aliphatic heterocycles. The third-order valence-electron chi connectivity index (χ3n) is 2.83. The highest BCUT2D eigenvalue weighted by molar-refractivity contribution is 5.41. The zero-order valence-corrected chi connectivity index (χ0v) is 10.2. The maximum Gasteiger partial charge on any atom is 0.433 e. The number of nitrogens with zero attached hydrogens (tertiary/aromatic N) is 1. The zero-order chi connectivity index (χ0) is 12.7. The Kier molecular flexibility index (Phi) is 3.31. The van der Waals surface area contributed by atoms with Crippen molar-refractivity contribution in [3.05, 3.63) is 28.1 Å². The minimum absolute atomic E-state index is 0.0720. The molecule has 0 spiro atoms. The number of rotatable bonds is 1. The molecular formula is C12H16F3N. The molecule has 1 aromatic heterocycles. The highest BCUT2D eigenvalue weighted by Gasteiger charge is 2.36. The molecule has 0 fully saturated rings. The number of alkyl halides is 3. The fraction of sp³-hybridized carbons (Fsp3) is 0.583. The molecule has 0 bridgehead atoms. The lowest BCUT2D eigenvalue weighted by Crippen LogP contribution is -2.15. The summed E-state index contributed by atoms with van der Waals surface area (Å²) >= 11 is 0. The van der Waals surface area contributed by atoms with Crippen LogP contribution in [0.25, 0.3) is 0 Å². The van der Waals surface area contributed by atoms with Gasteiger partial charge in [-0.1, -0.05) is 13.8 Å². The van der Waals surface area contributed by atoms with Crippen LogP contribution in [0.1, 0.15) is 47.8 Å². The van der Waals surface area contributed by atoms with Crippen LogP contribution in [0.5, 0.6) is 0 Å². The van der Waals surface area contributed by atoms with Crippen LogP contribution in [0.3, 0.4) is 0 Å². The van der Waals surface area contributed by atoms with Gasteiger partial charge in [-0.15, -0.1) is 0 Å². The molecule has 1 heterocycles. The van der Waals surface area contributed by atoms with Crippen molar-refractivity contribution in [3.8, 4) is 0 Å². The fourth-order valence-electron chi connectivity index (χ4n) is 2.08. The molecule has 0 unspecified atom stereocenters. The van der Waals surface area contributed by atoms with E-state index in [1.54, 1.807) is 6.92 Å². The van der Waals surface area contributed by atoms with Crippen LogP contribution >= 0.6 is 0 Å². The number of pyridine rings is 1. The lowest BCUT2D eigenvalue weighted by Gasteiger charge is -2.19. The summed E-state index contributed by atoms with van der Waals surface area (Å²) in [7, 11) is 0. The second-order valence-electron chi connectivity index (χ2n) is 4.36. The molecule has 1 nitrogen and oxygen atoms in total. The Labute approximate surface area is 93.7 Å². The second kappa shape index (κ2) is 4.07. The molecule has 0 atom stereocenters. The van der Waals surface area contributed by atoms with Gasteiger partial charge in [-0.2, -0.15) is 13.2 Å². The van der Waals surface area contributed by atoms with E-state index in [-0.39, 0.29) is 11.5 Å². The largest absolute Gasteiger partial charge is 0.433 e. The van der Waals surface area contributed by atoms with E-state index in [9.17, 15) is 13.2 Å². The van der Waals surface area contributed by atoms with Crippen LogP contribution in [0.15, 0.2) is 0 Å². The summed E-state index contributed by atoms with van der Waals surface area (Å²) in [6, 6.07) is 0. The first-order valence-electron chi connectivity index (χ1n) is 5.21. The van der Waals surface area contributed by atoms with Crippen molar-refractivity contribution in [1.29, 1.82) is 0 Å². The molecule has 0 aliphatic carbocycles. The minimum Gasteiger partial charge on any atom is -0.248 e. The Hall–Kier alpha value is -1.06. The van der Waals surface area contributed by atoms with Crippen molar-refractivity contribution in [2.24, 2.45) is 0 Å². The van der Waals surface area contributed by atoms with Crippen molar-refractivity contribution >= 4 is 0 Å². The topological polar surface area (TPSA) is 12.9 Å². The van der Waals surface area contributed by atoms with E-state index >= 15 is 0 Å². The van der Waals surface area contributed by atoms with Gasteiger partial charge in [-0.3, -0.25) is 0 Å². The maximum atomic E-state index is 12.7. The molecule has 0 radical (unpaired) electrons. The predicted octanol–water partition coefficient (Wildman–Crippen LogP) is 4.15. The van der Waals surface area contributed by atoms with Gasteiger partial charge in [-0.05, 0) is 43.4 Å². The van der Waals surface area contributed by atoms with Crippen molar-refractivity contribution in [2.45, 2.75) is 46.7 Å². The summed E-state index contributed by atoms with van der Waals surface area (Å²) in [5.41, 5.74) is 1.59. The number of aryl methyl sites for hydroxylation is 1. The van der Waals surface area contributed by atoms with Gasteiger partial charge in [0.05, 0.1) is 0 Å². The lowest BCUT2D eigenvalue weighted by atomic mass is 9.91. The SMILES string of the molecule is Cc1nc(C(F)(F)F)c(C)c(C(C)C)c1C. The van der Waals surface area contributed by atoms with Crippen LogP contribution in [0, 0.1) is 20.8 Å². The van der Waals surface area contributed by atoms with Crippen LogP contribution in [-0.4, -0.2) is 4.98 Å². The van der Waals surface area contributed by atoms with Gasteiger partial charge in [0.1, 0.15) is 5.69 Å². The number of hydrogen-bond acceptors (Lipinski definition) is 1. The van der Waals surface area contributed by atoms with E-state index in [1.807, 2.05) is 20.8 Å². The van der Waals surface area contributed by atoms with Gasteiger partial charge in [0.15, 0.2) is 0 Å². The standard InChI is InChI=1S/C12H16F3N/c1-6(2)10-7(3)9(5)16-11(8(10)4)12(13,14)15/h6H,1-5H3. The van der Waals surface area contributed by atoms with Gasteiger partial charge < -0.3 is 0 Å². The average Bonchev–Trinajstić information content (AvgIpc) is 2.09. The summed E-state index contributed by atoms with van der Waals surface area (Å²) in [4.78, 5) is 3.66. The quantitative estimate of drug-likeness (QED) is 0.707. The maximum absolute atomic E-state index is 12.7. The molecule has 0 saturated carbocycles. The minimum atomic E-state index is -4.37. The van der Waals surface area contributed by atoms with Gasteiger partial charge in [0.2, 0.25) is 0 Å². The van der Waals surface area contributed by atoms with Gasteiger partial charge >= 0.3 is 6.18 Å². The molecule has 0 aliphatic rings. The Morgan fingerprint density at radius 2 is 1.50 bits per heavy atom. The molecule has 1 rings (SSSR count). The number of hydrogen-bond donors (Lipinski definition) is 0. The zero-order valence-electron chi connectivity index (χ0n) is 10.2. The first-order valence-corrected chi connectivity index (χ1v) is 5.21. The second-order valence-corrected chi connectivity index (χ2v) is 4.36. The lowest BCUT2D eigenvalue weighted by molar-refractivity contribution is -0.141. The first-order chi connectivity index (χ1) is 7.16. The van der Waals surface area contributed by atoms with E-state index in [4.69, 9.17) is 0 Å². The molecular weight excluding hydrogens is 215 g/mol. The average molecular weight is 231 g/mol. The smallest absolute Gasteiger partial charge is 0.248 e. The van der Waals surface area contributed by atoms with Gasteiger partial charge in [-0.25, -0.2) is 4.98 Å². The van der Waals surface area contributed by atoms with E-state index in [0.717, 1.165) is 11.1 Å². The Morgan fingerprint density at radius 3 is 1.88 bits per heavy atom. The van der Waals surface area contributed by atoms with Crippen LogP contribution in [0.2, 0.25) is 0 Å². The van der Waals surface area contributed by atoms with Crippen LogP contribution in [0.4, 0.5) is 13.2 Å². The van der Waals surface area contributed by atoms with E-state index in [0.29, 0.717) is 5.69 Å². The monoisotopic (exact) mass is 231 g/mol. The highest BCUT2D eigenvalue weighted by Crippen LogP contribution is 2.35. The van der Waals surface area contributed by atoms with E-state index in [2.05, 4.69) is 4.98 Å². The summed E-state index contributed by atoms with van der Waals surface area (Å²) < 4.78 is 38.2. The van der Waals surface area contributed by atoms with Crippen molar-refractivity contribution in [1.82, 2.24) is 4.98 Å². The summed E-state index contributed by atoms with van der Waals surface area (Å²) in [5.74, 6) is 0.0720. The highest BCUT2D eigenvalue weighted by atomic mass is 19.4. The van der Waals surface area contributed by atoms with Crippen molar-refractivity contribution in [2.75, 3.05) is 0 Å². The third-order valence-corrected chi connectivity index (χ3v) is 2.83. The van der Waals surface area contributed by atoms with Crippen LogP contribution in [-0.2, 0) is 6.18 Å². The van der Waals surface area contributed by atoms with Crippen LogP contribution < -0.4 is 0 Å². The van der Waals surface area contributed by atoms with Crippen molar-refractivity contribution in [3.63, 3.8) is 0 Å². The molecule has 0 aromatic carbocycles. The molecule has 0 amide bonds. The summed E-state index contributed by atoms with van der Waals surface area (Å²) in [6.45, 7) is 8.74. The first kappa shape index (κ1) is 13.0. The van der Waals surface area contributed by atoms with Gasteiger partial charge in [0.25, 0.3) is 0 Å². The van der Waals surface area contributed by atoms with Gasteiger partial charge in [0, 0.05) is 5.69 Å². The molecule has 4 heteroatoms. The normalized spacial score (nSPS) is 12.3. The Morgan fingerprint density at radius 1 is 1.00 bits per heavy atom. The third kappa shape index (κ3) is 2.20. The molecule has 1 aromatic rings. The predicted molar refractivity (Wildman–Crippen MR) is 57.5 cm³/mol. The summed E-state index contributed by atoms with van der Waals surface area (Å²) in [6.07, 6.45) is -4.37.